The molecule has 0 heterocycles. The van der Waals surface area contributed by atoms with E-state index in [0.29, 0.717) is 10.6 Å². The molecule has 0 aliphatic rings. The minimum atomic E-state index is -0.649. The summed E-state index contributed by atoms with van der Waals surface area (Å²) in [7, 11) is 1.24. The highest BCUT2D eigenvalue weighted by Gasteiger charge is 1.98. The van der Waals surface area contributed by atoms with Crippen LogP contribution >= 0.6 is 11.6 Å². The molecule has 0 saturated heterocycles. The SMILES string of the molecule is COC(=O)C#Cc1cc(O)ccc1Cl. The number of carbonyl (C=O) groups is 1. The molecule has 0 fully saturated rings. The molecule has 0 saturated carbocycles. The van der Waals surface area contributed by atoms with E-state index in [1.54, 1.807) is 0 Å². The van der Waals surface area contributed by atoms with Gasteiger partial charge in [0.15, 0.2) is 0 Å². The van der Waals surface area contributed by atoms with Crippen LogP contribution in [-0.4, -0.2) is 18.2 Å². The maximum absolute atomic E-state index is 10.7. The lowest BCUT2D eigenvalue weighted by molar-refractivity contribution is -0.133. The Morgan fingerprint density at radius 1 is 1.57 bits per heavy atom. The Hall–Kier alpha value is -1.66. The average molecular weight is 211 g/mol. The first-order valence-corrected chi connectivity index (χ1v) is 4.10. The Labute approximate surface area is 86.3 Å². The van der Waals surface area contributed by atoms with Gasteiger partial charge in [-0.05, 0) is 18.2 Å². The lowest BCUT2D eigenvalue weighted by atomic mass is 10.2. The molecule has 1 aromatic carbocycles. The molecular weight excluding hydrogens is 204 g/mol. The Kier molecular flexibility index (Phi) is 3.38. The summed E-state index contributed by atoms with van der Waals surface area (Å²) in [4.78, 5) is 10.7. The molecule has 3 nitrogen and oxygen atoms in total. The predicted molar refractivity (Wildman–Crippen MR) is 52.0 cm³/mol. The van der Waals surface area contributed by atoms with Gasteiger partial charge < -0.3 is 9.84 Å². The lowest BCUT2D eigenvalue weighted by Crippen LogP contribution is -1.94. The molecule has 4 heteroatoms. The van der Waals surface area contributed by atoms with Crippen LogP contribution < -0.4 is 0 Å². The quantitative estimate of drug-likeness (QED) is 0.522. The summed E-state index contributed by atoms with van der Waals surface area (Å²) in [5, 5.41) is 9.49. The van der Waals surface area contributed by atoms with Crippen LogP contribution in [0.1, 0.15) is 5.56 Å². The maximum atomic E-state index is 10.7. The van der Waals surface area contributed by atoms with Gasteiger partial charge in [-0.25, -0.2) is 4.79 Å². The van der Waals surface area contributed by atoms with E-state index >= 15 is 0 Å². The van der Waals surface area contributed by atoms with Crippen molar-refractivity contribution in [3.63, 3.8) is 0 Å². The van der Waals surface area contributed by atoms with Crippen molar-refractivity contribution in [3.05, 3.63) is 28.8 Å². The van der Waals surface area contributed by atoms with E-state index in [4.69, 9.17) is 16.7 Å². The molecule has 0 aromatic heterocycles. The number of phenolic OH excluding ortho intramolecular Hbond substituents is 1. The monoisotopic (exact) mass is 210 g/mol. The van der Waals surface area contributed by atoms with E-state index < -0.39 is 5.97 Å². The summed E-state index contributed by atoms with van der Waals surface area (Å²) < 4.78 is 4.32. The van der Waals surface area contributed by atoms with Crippen LogP contribution in [0.15, 0.2) is 18.2 Å². The second-order valence-corrected chi connectivity index (χ2v) is 2.81. The van der Waals surface area contributed by atoms with E-state index in [2.05, 4.69) is 16.6 Å². The van der Waals surface area contributed by atoms with E-state index in [-0.39, 0.29) is 5.75 Å². The molecule has 1 rings (SSSR count). The summed E-state index contributed by atoms with van der Waals surface area (Å²) in [5.41, 5.74) is 0.386. The van der Waals surface area contributed by atoms with E-state index in [9.17, 15) is 4.79 Å². The van der Waals surface area contributed by atoms with Gasteiger partial charge in [-0.15, -0.1) is 0 Å². The molecule has 0 bridgehead atoms. The summed E-state index contributed by atoms with van der Waals surface area (Å²) in [5.74, 6) is 4.09. The van der Waals surface area contributed by atoms with Gasteiger partial charge in [0.05, 0.1) is 12.1 Å². The Morgan fingerprint density at radius 2 is 2.29 bits per heavy atom. The zero-order chi connectivity index (χ0) is 10.6. The number of carbonyl (C=O) groups excluding carboxylic acids is 1. The van der Waals surface area contributed by atoms with Crippen molar-refractivity contribution in [2.24, 2.45) is 0 Å². The molecule has 0 aliphatic carbocycles. The summed E-state index contributed by atoms with van der Waals surface area (Å²) in [6.45, 7) is 0. The normalized spacial score (nSPS) is 8.71. The van der Waals surface area contributed by atoms with Crippen molar-refractivity contribution in [1.29, 1.82) is 0 Å². The van der Waals surface area contributed by atoms with Gasteiger partial charge in [0, 0.05) is 11.5 Å². The number of ether oxygens (including phenoxy) is 1. The number of esters is 1. The van der Waals surface area contributed by atoms with Crippen LogP contribution in [0.25, 0.3) is 0 Å². The molecular formula is C10H7ClO3. The summed E-state index contributed by atoms with van der Waals surface area (Å²) >= 11 is 5.76. The molecule has 0 unspecified atom stereocenters. The van der Waals surface area contributed by atoms with Gasteiger partial charge in [-0.3, -0.25) is 0 Å². The Morgan fingerprint density at radius 3 is 2.93 bits per heavy atom. The minimum absolute atomic E-state index is 0.0450. The third-order valence-corrected chi connectivity index (χ3v) is 1.76. The van der Waals surface area contributed by atoms with Crippen LogP contribution in [0.3, 0.4) is 0 Å². The van der Waals surface area contributed by atoms with Crippen molar-refractivity contribution in [1.82, 2.24) is 0 Å². The molecule has 72 valence electrons. The highest BCUT2D eigenvalue weighted by molar-refractivity contribution is 6.31. The van der Waals surface area contributed by atoms with E-state index in [1.807, 2.05) is 0 Å². The molecule has 0 aliphatic heterocycles. The summed E-state index contributed by atoms with van der Waals surface area (Å²) in [6.07, 6.45) is 0. The Bertz CT molecular complexity index is 415. The fraction of sp³-hybridized carbons (Fsp3) is 0.100. The lowest BCUT2D eigenvalue weighted by Gasteiger charge is -1.95. The first-order chi connectivity index (χ1) is 6.63. The van der Waals surface area contributed by atoms with Crippen molar-refractivity contribution < 1.29 is 14.6 Å². The molecule has 0 radical (unpaired) electrons. The van der Waals surface area contributed by atoms with Gasteiger partial charge in [-0.2, -0.15) is 0 Å². The third kappa shape index (κ3) is 2.68. The second kappa shape index (κ2) is 4.54. The number of hydrogen-bond donors (Lipinski definition) is 1. The van der Waals surface area contributed by atoms with Crippen LogP contribution in [0.4, 0.5) is 0 Å². The zero-order valence-electron chi connectivity index (χ0n) is 7.37. The van der Waals surface area contributed by atoms with Crippen molar-refractivity contribution in [2.45, 2.75) is 0 Å². The largest absolute Gasteiger partial charge is 0.508 e. The summed E-state index contributed by atoms with van der Waals surface area (Å²) in [6, 6.07) is 4.31. The molecule has 0 amide bonds. The highest BCUT2D eigenvalue weighted by Crippen LogP contribution is 2.19. The fourth-order valence-electron chi connectivity index (χ4n) is 0.778. The number of halogens is 1. The smallest absolute Gasteiger partial charge is 0.384 e. The second-order valence-electron chi connectivity index (χ2n) is 2.41. The van der Waals surface area contributed by atoms with E-state index in [0.717, 1.165) is 0 Å². The zero-order valence-corrected chi connectivity index (χ0v) is 8.13. The van der Waals surface area contributed by atoms with Crippen LogP contribution in [0.5, 0.6) is 5.75 Å². The standard InChI is InChI=1S/C10H7ClO3/c1-14-10(13)5-2-7-6-8(12)3-4-9(7)11/h3-4,6,12H,1H3. The number of hydrogen-bond acceptors (Lipinski definition) is 3. The Balaban J connectivity index is 3.00. The van der Waals surface area contributed by atoms with Crippen LogP contribution in [0, 0.1) is 11.8 Å². The van der Waals surface area contributed by atoms with Crippen molar-refractivity contribution >= 4 is 17.6 Å². The van der Waals surface area contributed by atoms with E-state index in [1.165, 1.54) is 25.3 Å². The number of methoxy groups -OCH3 is 1. The van der Waals surface area contributed by atoms with Gasteiger partial charge >= 0.3 is 5.97 Å². The third-order valence-electron chi connectivity index (χ3n) is 1.43. The first-order valence-electron chi connectivity index (χ1n) is 3.72. The fourth-order valence-corrected chi connectivity index (χ4v) is 0.943. The van der Waals surface area contributed by atoms with Gasteiger partial charge in [0.2, 0.25) is 0 Å². The number of phenols is 1. The molecule has 1 aromatic rings. The molecule has 0 spiro atoms. The highest BCUT2D eigenvalue weighted by atomic mass is 35.5. The van der Waals surface area contributed by atoms with Crippen LogP contribution in [0.2, 0.25) is 5.02 Å². The van der Waals surface area contributed by atoms with Crippen molar-refractivity contribution in [3.8, 4) is 17.6 Å². The molecule has 14 heavy (non-hydrogen) atoms. The topological polar surface area (TPSA) is 46.5 Å². The average Bonchev–Trinajstić information content (AvgIpc) is 2.19. The number of aromatic hydroxyl groups is 1. The number of benzene rings is 1. The number of rotatable bonds is 0. The van der Waals surface area contributed by atoms with Gasteiger partial charge in [0.1, 0.15) is 5.75 Å². The maximum Gasteiger partial charge on any atom is 0.384 e. The molecule has 0 atom stereocenters. The van der Waals surface area contributed by atoms with Gasteiger partial charge in [-0.1, -0.05) is 17.5 Å². The van der Waals surface area contributed by atoms with Gasteiger partial charge in [0.25, 0.3) is 0 Å². The van der Waals surface area contributed by atoms with Crippen LogP contribution in [-0.2, 0) is 9.53 Å². The predicted octanol–water partition coefficient (Wildman–Crippen LogP) is 1.57. The molecule has 1 N–H and O–H groups in total. The first kappa shape index (κ1) is 10.4. The van der Waals surface area contributed by atoms with Crippen molar-refractivity contribution in [2.75, 3.05) is 7.11 Å². The minimum Gasteiger partial charge on any atom is -0.508 e.